The van der Waals surface area contributed by atoms with Gasteiger partial charge in [0, 0.05) is 28.5 Å². The number of carbonyl (C=O) groups is 1. The van der Waals surface area contributed by atoms with Crippen LogP contribution in [0.5, 0.6) is 5.75 Å². The summed E-state index contributed by atoms with van der Waals surface area (Å²) in [5, 5.41) is 11.7. The number of fused-ring (bicyclic) bond motifs is 3. The van der Waals surface area contributed by atoms with Gasteiger partial charge in [-0.1, -0.05) is 18.2 Å². The number of rotatable bonds is 2. The molecule has 3 heterocycles. The first kappa shape index (κ1) is 24.2. The van der Waals surface area contributed by atoms with Gasteiger partial charge in [0.25, 0.3) is 5.91 Å². The van der Waals surface area contributed by atoms with E-state index in [9.17, 15) is 32.3 Å². The predicted octanol–water partition coefficient (Wildman–Crippen LogP) is 4.53. The highest BCUT2D eigenvalue weighted by Crippen LogP contribution is 2.44. The fraction of sp³-hybridized carbons (Fsp3) is 0.250. The summed E-state index contributed by atoms with van der Waals surface area (Å²) in [5.74, 6) is -3.16. The molecule has 5 rings (SSSR count). The Kier molecular flexibility index (Phi) is 5.73. The number of aromatic hydroxyl groups is 1. The molecule has 2 aliphatic heterocycles. The maximum absolute atomic E-state index is 15.4. The molecule has 0 radical (unpaired) electrons. The van der Waals surface area contributed by atoms with Gasteiger partial charge in [0.2, 0.25) is 5.43 Å². The SMILES string of the molecule is C[C@@H](N1CN([C@H]2c3ccc(F)cc3SCc3cccc(F)c32)n2ccc(=O)c(O)c2C1=O)C(F)(F)F. The van der Waals surface area contributed by atoms with E-state index in [1.54, 1.807) is 6.07 Å². The van der Waals surface area contributed by atoms with Crippen LogP contribution in [-0.4, -0.2) is 39.5 Å². The maximum Gasteiger partial charge on any atom is 0.408 e. The third-order valence-corrected chi connectivity index (χ3v) is 7.52. The number of amides is 1. The third-order valence-electron chi connectivity index (χ3n) is 6.40. The highest BCUT2D eigenvalue weighted by molar-refractivity contribution is 7.98. The van der Waals surface area contributed by atoms with Crippen molar-refractivity contribution in [2.24, 2.45) is 0 Å². The maximum atomic E-state index is 15.4. The fourth-order valence-corrected chi connectivity index (χ4v) is 5.63. The normalized spacial score (nSPS) is 18.3. The lowest BCUT2D eigenvalue weighted by molar-refractivity contribution is -0.173. The van der Waals surface area contributed by atoms with Gasteiger partial charge in [0.05, 0.1) is 0 Å². The molecule has 0 unspecified atom stereocenters. The van der Waals surface area contributed by atoms with Crippen LogP contribution < -0.4 is 10.4 Å². The summed E-state index contributed by atoms with van der Waals surface area (Å²) in [6.07, 6.45) is -3.68. The molecule has 0 spiro atoms. The largest absolute Gasteiger partial charge is 0.502 e. The molecule has 0 fully saturated rings. The van der Waals surface area contributed by atoms with Crippen molar-refractivity contribution in [2.75, 3.05) is 11.7 Å². The van der Waals surface area contributed by atoms with Crippen molar-refractivity contribution in [1.82, 2.24) is 9.58 Å². The number of hydrogen-bond acceptors (Lipinski definition) is 5. The van der Waals surface area contributed by atoms with Crippen molar-refractivity contribution in [3.8, 4) is 5.75 Å². The number of halogens is 5. The molecular formula is C24H18F5N3O3S. The quantitative estimate of drug-likeness (QED) is 0.501. The zero-order chi connectivity index (χ0) is 25.9. The monoisotopic (exact) mass is 523 g/mol. The molecule has 0 bridgehead atoms. The molecule has 3 aromatic rings. The van der Waals surface area contributed by atoms with Crippen LogP contribution in [0.3, 0.4) is 0 Å². The summed E-state index contributed by atoms with van der Waals surface area (Å²) < 4.78 is 71.8. The number of nitrogens with zero attached hydrogens (tertiary/aromatic N) is 3. The van der Waals surface area contributed by atoms with E-state index in [2.05, 4.69) is 0 Å². The van der Waals surface area contributed by atoms with Crippen LogP contribution in [0.2, 0.25) is 0 Å². The zero-order valence-corrected chi connectivity index (χ0v) is 19.4. The predicted molar refractivity (Wildman–Crippen MR) is 121 cm³/mol. The first-order chi connectivity index (χ1) is 17.0. The Morgan fingerprint density at radius 2 is 1.86 bits per heavy atom. The smallest absolute Gasteiger partial charge is 0.408 e. The first-order valence-corrected chi connectivity index (χ1v) is 11.8. The van der Waals surface area contributed by atoms with Crippen LogP contribution in [0, 0.1) is 11.6 Å². The van der Waals surface area contributed by atoms with Gasteiger partial charge < -0.3 is 10.0 Å². The summed E-state index contributed by atoms with van der Waals surface area (Å²) >= 11 is 1.24. The van der Waals surface area contributed by atoms with Crippen molar-refractivity contribution < 1.29 is 31.9 Å². The van der Waals surface area contributed by atoms with Crippen LogP contribution in [0.25, 0.3) is 0 Å². The van der Waals surface area contributed by atoms with E-state index in [1.807, 2.05) is 0 Å². The molecule has 2 aromatic carbocycles. The number of alkyl halides is 3. The van der Waals surface area contributed by atoms with Gasteiger partial charge in [-0.25, -0.2) is 8.78 Å². The summed E-state index contributed by atoms with van der Waals surface area (Å²) in [4.78, 5) is 26.2. The highest BCUT2D eigenvalue weighted by Gasteiger charge is 2.48. The Morgan fingerprint density at radius 1 is 1.11 bits per heavy atom. The number of benzene rings is 2. The zero-order valence-electron chi connectivity index (χ0n) is 18.6. The Bertz CT molecular complexity index is 1440. The summed E-state index contributed by atoms with van der Waals surface area (Å²) in [6, 6.07) is 5.75. The van der Waals surface area contributed by atoms with Gasteiger partial charge in [-0.2, -0.15) is 13.2 Å². The standard InChI is InChI=1S/C24H18F5N3O3S/c1-12(24(27,28)29)30-11-32(31-8-7-17(33)22(34)21(31)23(30)35)20-15-6-5-14(25)9-18(15)36-10-13-3-2-4-16(26)19(13)20/h2-9,12,20,34H,10-11H2,1H3/t12-,20+/m1/s1. The van der Waals surface area contributed by atoms with E-state index in [-0.39, 0.29) is 11.3 Å². The first-order valence-electron chi connectivity index (χ1n) is 10.8. The van der Waals surface area contributed by atoms with E-state index in [1.165, 1.54) is 41.0 Å². The summed E-state index contributed by atoms with van der Waals surface area (Å²) in [5.41, 5.74) is -0.581. The van der Waals surface area contributed by atoms with Gasteiger partial charge in [-0.15, -0.1) is 11.8 Å². The second kappa shape index (κ2) is 8.54. The fourth-order valence-electron chi connectivity index (χ4n) is 4.53. The third kappa shape index (κ3) is 3.80. The van der Waals surface area contributed by atoms with E-state index in [0.717, 1.165) is 29.9 Å². The molecular weight excluding hydrogens is 505 g/mol. The molecule has 1 N–H and O–H groups in total. The van der Waals surface area contributed by atoms with Crippen molar-refractivity contribution in [3.63, 3.8) is 0 Å². The lowest BCUT2D eigenvalue weighted by atomic mass is 9.93. The summed E-state index contributed by atoms with van der Waals surface area (Å²) in [6.45, 7) is 0.124. The number of pyridine rings is 1. The molecule has 0 saturated carbocycles. The Hall–Kier alpha value is -3.54. The van der Waals surface area contributed by atoms with Crippen LogP contribution in [0.4, 0.5) is 22.0 Å². The highest BCUT2D eigenvalue weighted by atomic mass is 32.2. The van der Waals surface area contributed by atoms with Crippen LogP contribution in [0.15, 0.2) is 58.4 Å². The molecule has 12 heteroatoms. The minimum Gasteiger partial charge on any atom is -0.502 e. The minimum absolute atomic E-state index is 0.133. The van der Waals surface area contributed by atoms with E-state index < -0.39 is 59.3 Å². The molecule has 1 amide bonds. The number of aromatic nitrogens is 1. The topological polar surface area (TPSA) is 65.8 Å². The molecule has 1 aromatic heterocycles. The molecule has 36 heavy (non-hydrogen) atoms. The number of hydrogen-bond donors (Lipinski definition) is 1. The van der Waals surface area contributed by atoms with Gasteiger partial charge >= 0.3 is 6.18 Å². The Morgan fingerprint density at radius 3 is 2.58 bits per heavy atom. The number of thioether (sulfide) groups is 1. The van der Waals surface area contributed by atoms with E-state index in [4.69, 9.17) is 0 Å². The molecule has 0 aliphatic carbocycles. The van der Waals surface area contributed by atoms with Crippen LogP contribution in [0.1, 0.15) is 40.1 Å². The average Bonchev–Trinajstić information content (AvgIpc) is 2.98. The molecule has 2 atom stereocenters. The molecule has 0 saturated heterocycles. The molecule has 188 valence electrons. The van der Waals surface area contributed by atoms with Gasteiger partial charge in [0.1, 0.15) is 30.4 Å². The molecule has 2 aliphatic rings. The van der Waals surface area contributed by atoms with Crippen LogP contribution in [-0.2, 0) is 5.75 Å². The Balaban J connectivity index is 1.81. The van der Waals surface area contributed by atoms with Gasteiger partial charge in [-0.3, -0.25) is 19.3 Å². The van der Waals surface area contributed by atoms with Crippen molar-refractivity contribution >= 4 is 17.7 Å². The molecule has 6 nitrogen and oxygen atoms in total. The average molecular weight is 523 g/mol. The van der Waals surface area contributed by atoms with Crippen molar-refractivity contribution in [1.29, 1.82) is 0 Å². The van der Waals surface area contributed by atoms with Gasteiger partial charge in [0.15, 0.2) is 11.4 Å². The van der Waals surface area contributed by atoms with Crippen molar-refractivity contribution in [2.45, 2.75) is 35.8 Å². The summed E-state index contributed by atoms with van der Waals surface area (Å²) in [7, 11) is 0. The Labute approximate surface area is 205 Å². The van der Waals surface area contributed by atoms with Gasteiger partial charge in [-0.05, 0) is 36.2 Å². The van der Waals surface area contributed by atoms with E-state index >= 15 is 4.39 Å². The minimum atomic E-state index is -4.82. The lowest BCUT2D eigenvalue weighted by Crippen LogP contribution is -2.60. The van der Waals surface area contributed by atoms with Crippen LogP contribution >= 0.6 is 11.8 Å². The second-order valence-corrected chi connectivity index (χ2v) is 9.50. The number of carbonyl (C=O) groups excluding carboxylic acids is 1. The van der Waals surface area contributed by atoms with E-state index in [0.29, 0.717) is 20.9 Å². The van der Waals surface area contributed by atoms with Crippen molar-refractivity contribution in [3.05, 3.63) is 92.9 Å². The second-order valence-electron chi connectivity index (χ2n) is 8.48. The lowest BCUT2D eigenvalue weighted by Gasteiger charge is -2.46.